The van der Waals surface area contributed by atoms with Crippen molar-refractivity contribution < 1.29 is 9.59 Å². The molecule has 24 heavy (non-hydrogen) atoms. The van der Waals surface area contributed by atoms with Gasteiger partial charge in [-0.1, -0.05) is 18.2 Å². The van der Waals surface area contributed by atoms with Crippen LogP contribution in [0.15, 0.2) is 48.5 Å². The number of benzene rings is 2. The topological polar surface area (TPSA) is 49.4 Å². The Bertz CT molecular complexity index is 767. The number of fused-ring (bicyclic) bond motifs is 1. The molecular formula is C20H22N2O2. The van der Waals surface area contributed by atoms with Crippen molar-refractivity contribution in [1.82, 2.24) is 0 Å². The average Bonchev–Trinajstić information content (AvgIpc) is 2.55. The number of nitrogens with zero attached hydrogens (tertiary/aromatic N) is 1. The highest BCUT2D eigenvalue weighted by Gasteiger charge is 2.31. The number of anilines is 2. The number of ketones is 1. The smallest absolute Gasteiger partial charge is 0.224 e. The second-order valence-electron chi connectivity index (χ2n) is 6.36. The zero-order valence-corrected chi connectivity index (χ0v) is 14.2. The SMILES string of the molecule is CC(=O)c1ccc(NC2CC(C)N(C(C)=O)c3ccccc32)cc1. The second kappa shape index (κ2) is 6.48. The van der Waals surface area contributed by atoms with Crippen LogP contribution >= 0.6 is 0 Å². The van der Waals surface area contributed by atoms with Crippen LogP contribution in [0.2, 0.25) is 0 Å². The summed E-state index contributed by atoms with van der Waals surface area (Å²) in [6.45, 7) is 5.25. The number of carbonyl (C=O) groups excluding carboxylic acids is 2. The summed E-state index contributed by atoms with van der Waals surface area (Å²) in [6, 6.07) is 15.8. The Hall–Kier alpha value is -2.62. The molecule has 0 fully saturated rings. The average molecular weight is 322 g/mol. The van der Waals surface area contributed by atoms with Crippen LogP contribution in [0.1, 0.15) is 49.2 Å². The van der Waals surface area contributed by atoms with Gasteiger partial charge in [0, 0.05) is 29.9 Å². The molecule has 4 nitrogen and oxygen atoms in total. The number of hydrogen-bond acceptors (Lipinski definition) is 3. The molecule has 0 saturated heterocycles. The molecule has 0 spiro atoms. The van der Waals surface area contributed by atoms with Gasteiger partial charge in [-0.05, 0) is 56.2 Å². The lowest BCUT2D eigenvalue weighted by atomic mass is 9.91. The van der Waals surface area contributed by atoms with E-state index in [-0.39, 0.29) is 23.8 Å². The van der Waals surface area contributed by atoms with E-state index < -0.39 is 0 Å². The lowest BCUT2D eigenvalue weighted by Crippen LogP contribution is -2.43. The van der Waals surface area contributed by atoms with Gasteiger partial charge in [-0.15, -0.1) is 0 Å². The number of nitrogens with one attached hydrogen (secondary N) is 1. The van der Waals surface area contributed by atoms with E-state index in [0.717, 1.165) is 23.4 Å². The fourth-order valence-corrected chi connectivity index (χ4v) is 3.43. The predicted molar refractivity (Wildman–Crippen MR) is 96.5 cm³/mol. The molecule has 2 aromatic carbocycles. The third-order valence-corrected chi connectivity index (χ3v) is 4.56. The van der Waals surface area contributed by atoms with Crippen LogP contribution in [0, 0.1) is 0 Å². The van der Waals surface area contributed by atoms with Gasteiger partial charge in [0.15, 0.2) is 5.78 Å². The maximum absolute atomic E-state index is 12.0. The van der Waals surface area contributed by atoms with E-state index in [1.54, 1.807) is 13.8 Å². The highest BCUT2D eigenvalue weighted by atomic mass is 16.2. The molecule has 0 radical (unpaired) electrons. The van der Waals surface area contributed by atoms with Crippen LogP contribution in [0.25, 0.3) is 0 Å². The van der Waals surface area contributed by atoms with Gasteiger partial charge < -0.3 is 10.2 Å². The molecule has 3 rings (SSSR count). The number of Topliss-reactive ketones (excluding diaryl/α,β-unsaturated/α-hetero) is 1. The maximum atomic E-state index is 12.0. The van der Waals surface area contributed by atoms with Crippen molar-refractivity contribution in [2.24, 2.45) is 0 Å². The number of hydrogen-bond donors (Lipinski definition) is 1. The molecule has 124 valence electrons. The number of rotatable bonds is 3. The van der Waals surface area contributed by atoms with Crippen LogP contribution in [-0.4, -0.2) is 17.7 Å². The molecular weight excluding hydrogens is 300 g/mol. The van der Waals surface area contributed by atoms with Crippen LogP contribution in [0.3, 0.4) is 0 Å². The standard InChI is InChI=1S/C20H22N2O2/c1-13-12-19(21-17-10-8-16(9-11-17)14(2)23)18-6-4-5-7-20(18)22(13)15(3)24/h4-11,13,19,21H,12H2,1-3H3. The normalized spacial score (nSPS) is 19.5. The molecule has 4 heteroatoms. The number of amides is 1. The van der Waals surface area contributed by atoms with Gasteiger partial charge in [0.2, 0.25) is 5.91 Å². The Kier molecular flexibility index (Phi) is 4.38. The van der Waals surface area contributed by atoms with Gasteiger partial charge in [0.25, 0.3) is 0 Å². The summed E-state index contributed by atoms with van der Waals surface area (Å²) >= 11 is 0. The Labute approximate surface area is 142 Å². The number of carbonyl (C=O) groups is 2. The summed E-state index contributed by atoms with van der Waals surface area (Å²) in [6.07, 6.45) is 0.838. The van der Waals surface area contributed by atoms with Gasteiger partial charge in [0.05, 0.1) is 6.04 Å². The highest BCUT2D eigenvalue weighted by molar-refractivity contribution is 5.94. The third kappa shape index (κ3) is 3.04. The zero-order valence-electron chi connectivity index (χ0n) is 14.2. The van der Waals surface area contributed by atoms with Crippen LogP contribution < -0.4 is 10.2 Å². The third-order valence-electron chi connectivity index (χ3n) is 4.56. The van der Waals surface area contributed by atoms with E-state index >= 15 is 0 Å². The summed E-state index contributed by atoms with van der Waals surface area (Å²) in [5.41, 5.74) is 3.78. The fourth-order valence-electron chi connectivity index (χ4n) is 3.43. The molecule has 1 amide bonds. The summed E-state index contributed by atoms with van der Waals surface area (Å²) in [4.78, 5) is 25.3. The predicted octanol–water partition coefficient (Wildman–Crippen LogP) is 4.19. The molecule has 0 aliphatic carbocycles. The lowest BCUT2D eigenvalue weighted by Gasteiger charge is -2.39. The Morgan fingerprint density at radius 1 is 1.04 bits per heavy atom. The first-order valence-corrected chi connectivity index (χ1v) is 8.23. The van der Waals surface area contributed by atoms with E-state index in [2.05, 4.69) is 18.3 Å². The zero-order chi connectivity index (χ0) is 17.3. The molecule has 1 N–H and O–H groups in total. The maximum Gasteiger partial charge on any atom is 0.224 e. The Balaban J connectivity index is 1.90. The van der Waals surface area contributed by atoms with Crippen molar-refractivity contribution in [2.75, 3.05) is 10.2 Å². The van der Waals surface area contributed by atoms with Gasteiger partial charge in [-0.2, -0.15) is 0 Å². The minimum absolute atomic E-state index is 0.0651. The van der Waals surface area contributed by atoms with E-state index in [0.29, 0.717) is 5.56 Å². The van der Waals surface area contributed by atoms with Crippen molar-refractivity contribution in [2.45, 2.75) is 39.3 Å². The largest absolute Gasteiger partial charge is 0.378 e. The molecule has 1 heterocycles. The summed E-state index contributed by atoms with van der Waals surface area (Å²) in [5.74, 6) is 0.134. The molecule has 2 atom stereocenters. The number of para-hydroxylation sites is 1. The van der Waals surface area contributed by atoms with Gasteiger partial charge in [0.1, 0.15) is 0 Å². The molecule has 0 bridgehead atoms. The van der Waals surface area contributed by atoms with E-state index in [9.17, 15) is 9.59 Å². The Morgan fingerprint density at radius 2 is 1.71 bits per heavy atom. The second-order valence-corrected chi connectivity index (χ2v) is 6.36. The van der Waals surface area contributed by atoms with E-state index in [1.165, 1.54) is 0 Å². The van der Waals surface area contributed by atoms with Crippen molar-refractivity contribution in [3.63, 3.8) is 0 Å². The summed E-state index contributed by atoms with van der Waals surface area (Å²) in [7, 11) is 0. The molecule has 1 aliphatic rings. The first-order valence-electron chi connectivity index (χ1n) is 8.23. The first-order chi connectivity index (χ1) is 11.5. The van der Waals surface area contributed by atoms with Gasteiger partial charge in [-0.25, -0.2) is 0 Å². The monoisotopic (exact) mass is 322 g/mol. The quantitative estimate of drug-likeness (QED) is 0.862. The summed E-state index contributed by atoms with van der Waals surface area (Å²) < 4.78 is 0. The minimum Gasteiger partial charge on any atom is -0.378 e. The molecule has 0 saturated carbocycles. The van der Waals surface area contributed by atoms with Crippen molar-refractivity contribution in [3.8, 4) is 0 Å². The Morgan fingerprint density at radius 3 is 2.33 bits per heavy atom. The molecule has 1 aliphatic heterocycles. The minimum atomic E-state index is 0.0651. The van der Waals surface area contributed by atoms with Gasteiger partial charge in [-0.3, -0.25) is 9.59 Å². The summed E-state index contributed by atoms with van der Waals surface area (Å²) in [5, 5.41) is 3.54. The van der Waals surface area contributed by atoms with E-state index in [4.69, 9.17) is 0 Å². The van der Waals surface area contributed by atoms with Crippen LogP contribution in [-0.2, 0) is 4.79 Å². The molecule has 2 unspecified atom stereocenters. The fraction of sp³-hybridized carbons (Fsp3) is 0.300. The first kappa shape index (κ1) is 16.2. The van der Waals surface area contributed by atoms with Crippen LogP contribution in [0.4, 0.5) is 11.4 Å². The van der Waals surface area contributed by atoms with Crippen molar-refractivity contribution >= 4 is 23.1 Å². The lowest BCUT2D eigenvalue weighted by molar-refractivity contribution is -0.117. The van der Waals surface area contributed by atoms with E-state index in [1.807, 2.05) is 47.4 Å². The van der Waals surface area contributed by atoms with Crippen molar-refractivity contribution in [1.29, 1.82) is 0 Å². The molecule has 2 aromatic rings. The van der Waals surface area contributed by atoms with Crippen LogP contribution in [0.5, 0.6) is 0 Å². The molecule has 0 aromatic heterocycles. The van der Waals surface area contributed by atoms with Gasteiger partial charge >= 0.3 is 0 Å². The van der Waals surface area contributed by atoms with Crippen molar-refractivity contribution in [3.05, 3.63) is 59.7 Å². The highest BCUT2D eigenvalue weighted by Crippen LogP contribution is 2.38.